The lowest BCUT2D eigenvalue weighted by Gasteiger charge is -2.37. The molecule has 2 fully saturated rings. The SMILES string of the molecule is CC1(c2ccc(F)cc2)NC(=O)N(CC(O)CN2CCN(c3ccccc3C#N)CC2)C1=O. The van der Waals surface area contributed by atoms with E-state index in [4.69, 9.17) is 0 Å². The van der Waals surface area contributed by atoms with Gasteiger partial charge in [-0.2, -0.15) is 5.26 Å². The molecule has 9 heteroatoms. The minimum atomic E-state index is -1.30. The first-order valence-corrected chi connectivity index (χ1v) is 10.9. The Morgan fingerprint density at radius 2 is 1.76 bits per heavy atom. The van der Waals surface area contributed by atoms with E-state index in [1.54, 1.807) is 13.0 Å². The summed E-state index contributed by atoms with van der Waals surface area (Å²) in [5, 5.41) is 22.6. The molecule has 2 atom stereocenters. The second-order valence-electron chi connectivity index (χ2n) is 8.55. The molecule has 2 unspecified atom stereocenters. The maximum absolute atomic E-state index is 13.3. The predicted molar refractivity (Wildman–Crippen MR) is 120 cm³/mol. The van der Waals surface area contributed by atoms with Crippen molar-refractivity contribution in [3.05, 3.63) is 65.5 Å². The smallest absolute Gasteiger partial charge is 0.325 e. The second kappa shape index (κ2) is 9.17. The number of benzene rings is 2. The number of carbonyl (C=O) groups excluding carboxylic acids is 2. The minimum absolute atomic E-state index is 0.126. The number of nitrogens with one attached hydrogen (secondary N) is 1. The summed E-state index contributed by atoms with van der Waals surface area (Å²) in [5.41, 5.74) is 0.714. The fourth-order valence-corrected chi connectivity index (χ4v) is 4.42. The highest BCUT2D eigenvalue weighted by atomic mass is 19.1. The number of imide groups is 1. The summed E-state index contributed by atoms with van der Waals surface area (Å²) in [6.45, 7) is 4.55. The maximum Gasteiger partial charge on any atom is 0.325 e. The van der Waals surface area contributed by atoms with Gasteiger partial charge < -0.3 is 15.3 Å². The van der Waals surface area contributed by atoms with Gasteiger partial charge in [0.2, 0.25) is 0 Å². The van der Waals surface area contributed by atoms with Crippen LogP contribution in [0.25, 0.3) is 0 Å². The highest BCUT2D eigenvalue weighted by Gasteiger charge is 2.49. The lowest BCUT2D eigenvalue weighted by Crippen LogP contribution is -2.51. The number of hydrogen-bond acceptors (Lipinski definition) is 6. The fourth-order valence-electron chi connectivity index (χ4n) is 4.42. The van der Waals surface area contributed by atoms with Crippen molar-refractivity contribution in [2.24, 2.45) is 0 Å². The van der Waals surface area contributed by atoms with E-state index in [0.29, 0.717) is 43.9 Å². The number of carbonyl (C=O) groups is 2. The van der Waals surface area contributed by atoms with E-state index in [-0.39, 0.29) is 6.54 Å². The molecule has 0 radical (unpaired) electrons. The number of hydrogen-bond donors (Lipinski definition) is 2. The molecule has 2 aromatic carbocycles. The van der Waals surface area contributed by atoms with Gasteiger partial charge in [-0.05, 0) is 36.8 Å². The monoisotopic (exact) mass is 451 g/mol. The summed E-state index contributed by atoms with van der Waals surface area (Å²) >= 11 is 0. The first-order chi connectivity index (χ1) is 15.8. The van der Waals surface area contributed by atoms with Crippen molar-refractivity contribution < 1.29 is 19.1 Å². The van der Waals surface area contributed by atoms with Crippen molar-refractivity contribution in [2.75, 3.05) is 44.2 Å². The van der Waals surface area contributed by atoms with Crippen LogP contribution in [-0.2, 0) is 10.3 Å². The van der Waals surface area contributed by atoms with Crippen LogP contribution in [0.4, 0.5) is 14.9 Å². The average molecular weight is 452 g/mol. The topological polar surface area (TPSA) is 99.9 Å². The molecule has 8 nitrogen and oxygen atoms in total. The Bertz CT molecular complexity index is 1080. The molecule has 0 saturated carbocycles. The van der Waals surface area contributed by atoms with Gasteiger partial charge in [0.05, 0.1) is 23.9 Å². The molecular weight excluding hydrogens is 425 g/mol. The van der Waals surface area contributed by atoms with Gasteiger partial charge in [-0.3, -0.25) is 14.6 Å². The largest absolute Gasteiger partial charge is 0.390 e. The van der Waals surface area contributed by atoms with Crippen LogP contribution in [0.1, 0.15) is 18.1 Å². The van der Waals surface area contributed by atoms with Gasteiger partial charge in [0.25, 0.3) is 5.91 Å². The molecule has 172 valence electrons. The third kappa shape index (κ3) is 4.53. The van der Waals surface area contributed by atoms with E-state index in [1.807, 2.05) is 18.2 Å². The number of nitrogens with zero attached hydrogens (tertiary/aromatic N) is 4. The van der Waals surface area contributed by atoms with E-state index in [9.17, 15) is 24.3 Å². The molecule has 2 aliphatic heterocycles. The van der Waals surface area contributed by atoms with E-state index in [1.165, 1.54) is 24.3 Å². The summed E-state index contributed by atoms with van der Waals surface area (Å²) in [5.74, 6) is -0.904. The van der Waals surface area contributed by atoms with Crippen molar-refractivity contribution in [1.29, 1.82) is 5.26 Å². The fraction of sp³-hybridized carbons (Fsp3) is 0.375. The van der Waals surface area contributed by atoms with Crippen molar-refractivity contribution in [3.8, 4) is 6.07 Å². The van der Waals surface area contributed by atoms with Gasteiger partial charge in [0.1, 0.15) is 17.4 Å². The Morgan fingerprint density at radius 3 is 2.42 bits per heavy atom. The van der Waals surface area contributed by atoms with Crippen LogP contribution in [0.15, 0.2) is 48.5 Å². The van der Waals surface area contributed by atoms with Gasteiger partial charge in [0.15, 0.2) is 0 Å². The number of anilines is 1. The molecule has 0 bridgehead atoms. The molecule has 4 rings (SSSR count). The molecule has 33 heavy (non-hydrogen) atoms. The van der Waals surface area contributed by atoms with Crippen LogP contribution >= 0.6 is 0 Å². The predicted octanol–water partition coefficient (Wildman–Crippen LogP) is 1.65. The number of urea groups is 1. The number of para-hydroxylation sites is 1. The molecule has 2 heterocycles. The van der Waals surface area contributed by atoms with E-state index in [0.717, 1.165) is 10.6 Å². The second-order valence-corrected chi connectivity index (χ2v) is 8.55. The standard InChI is InChI=1S/C24H26FN5O3/c1-24(18-6-8-19(25)9-7-18)22(32)30(23(33)27-24)16-20(31)15-28-10-12-29(13-11-28)21-5-3-2-4-17(21)14-26/h2-9,20,31H,10-13,15-16H2,1H3,(H,27,33). The van der Waals surface area contributed by atoms with Crippen LogP contribution < -0.4 is 10.2 Å². The zero-order valence-electron chi connectivity index (χ0n) is 18.4. The van der Waals surface area contributed by atoms with Crippen LogP contribution in [0.3, 0.4) is 0 Å². The number of halogens is 1. The zero-order valence-corrected chi connectivity index (χ0v) is 18.4. The number of rotatable bonds is 6. The van der Waals surface area contributed by atoms with E-state index < -0.39 is 29.4 Å². The zero-order chi connectivity index (χ0) is 23.6. The molecule has 2 N–H and O–H groups in total. The quantitative estimate of drug-likeness (QED) is 0.648. The Kier molecular flexibility index (Phi) is 6.31. The van der Waals surface area contributed by atoms with Crippen LogP contribution in [-0.4, -0.2) is 72.2 Å². The summed E-state index contributed by atoms with van der Waals surface area (Å²) < 4.78 is 13.3. The molecule has 3 amide bonds. The third-order valence-corrected chi connectivity index (χ3v) is 6.30. The Balaban J connectivity index is 1.33. The first-order valence-electron chi connectivity index (χ1n) is 10.9. The van der Waals surface area contributed by atoms with Crippen LogP contribution in [0.5, 0.6) is 0 Å². The number of aliphatic hydroxyl groups is 1. The molecular formula is C24H26FN5O3. The molecule has 0 aliphatic carbocycles. The Morgan fingerprint density at radius 1 is 1.09 bits per heavy atom. The highest BCUT2D eigenvalue weighted by Crippen LogP contribution is 2.29. The van der Waals surface area contributed by atoms with E-state index >= 15 is 0 Å². The number of aliphatic hydroxyl groups excluding tert-OH is 1. The minimum Gasteiger partial charge on any atom is -0.390 e. The third-order valence-electron chi connectivity index (χ3n) is 6.30. The van der Waals surface area contributed by atoms with Crippen molar-refractivity contribution in [2.45, 2.75) is 18.6 Å². The van der Waals surface area contributed by atoms with Crippen molar-refractivity contribution >= 4 is 17.6 Å². The van der Waals surface area contributed by atoms with Crippen molar-refractivity contribution in [3.63, 3.8) is 0 Å². The summed E-state index contributed by atoms with van der Waals surface area (Å²) in [6.07, 6.45) is -0.909. The molecule has 2 saturated heterocycles. The maximum atomic E-state index is 13.3. The van der Waals surface area contributed by atoms with Gasteiger partial charge >= 0.3 is 6.03 Å². The van der Waals surface area contributed by atoms with Crippen molar-refractivity contribution in [1.82, 2.24) is 15.1 Å². The highest BCUT2D eigenvalue weighted by molar-refractivity contribution is 6.07. The molecule has 0 aromatic heterocycles. The summed E-state index contributed by atoms with van der Waals surface area (Å²) in [6, 6.07) is 14.5. The Labute approximate surface area is 191 Å². The van der Waals surface area contributed by atoms with E-state index in [2.05, 4.69) is 21.2 Å². The number of amides is 3. The van der Waals surface area contributed by atoms with Gasteiger partial charge in [-0.25, -0.2) is 9.18 Å². The first kappa shape index (κ1) is 22.7. The summed E-state index contributed by atoms with van der Waals surface area (Å²) in [7, 11) is 0. The van der Waals surface area contributed by atoms with Gasteiger partial charge in [-0.15, -0.1) is 0 Å². The summed E-state index contributed by atoms with van der Waals surface area (Å²) in [4.78, 5) is 30.7. The molecule has 0 spiro atoms. The number of nitriles is 1. The lowest BCUT2D eigenvalue weighted by atomic mass is 9.92. The molecule has 2 aliphatic rings. The normalized spacial score (nSPS) is 22.2. The lowest BCUT2D eigenvalue weighted by molar-refractivity contribution is -0.132. The Hall–Kier alpha value is -3.48. The number of β-amino-alcohol motifs (C(OH)–C–C–N with tert-alkyl or cyclic N) is 1. The molecule has 2 aromatic rings. The van der Waals surface area contributed by atoms with Crippen LogP contribution in [0, 0.1) is 17.1 Å². The van der Waals surface area contributed by atoms with Gasteiger partial charge in [-0.1, -0.05) is 24.3 Å². The van der Waals surface area contributed by atoms with Gasteiger partial charge in [0, 0.05) is 32.7 Å². The van der Waals surface area contributed by atoms with Crippen LogP contribution in [0.2, 0.25) is 0 Å². The average Bonchev–Trinajstić information content (AvgIpc) is 3.03. The number of piperazine rings is 1.